The molecule has 8 nitrogen and oxygen atoms in total. The zero-order valence-corrected chi connectivity index (χ0v) is 26.4. The molecule has 2 heterocycles. The quantitative estimate of drug-likeness (QED) is 0.103. The summed E-state index contributed by atoms with van der Waals surface area (Å²) in [5, 5.41) is 12.3. The Bertz CT molecular complexity index is 800. The molecule has 3 atom stereocenters. The molecule has 2 saturated heterocycles. The third kappa shape index (κ3) is 15.0. The molecule has 0 aromatic heterocycles. The van der Waals surface area contributed by atoms with E-state index in [9.17, 15) is 19.2 Å². The van der Waals surface area contributed by atoms with E-state index in [2.05, 4.69) is 21.3 Å². The van der Waals surface area contributed by atoms with Gasteiger partial charge in [-0.3, -0.25) is 14.4 Å². The van der Waals surface area contributed by atoms with Crippen LogP contribution in [0, 0.1) is 63.7 Å². The molecule has 2 aliphatic heterocycles. The van der Waals surface area contributed by atoms with Crippen LogP contribution in [0.25, 0.3) is 0 Å². The second kappa shape index (κ2) is 22.3. The topological polar surface area (TPSA) is 116 Å². The van der Waals surface area contributed by atoms with Crippen molar-refractivity contribution < 1.29 is 36.2 Å². The summed E-state index contributed by atoms with van der Waals surface area (Å²) in [5.74, 6) is 2.12. The number of hydrogen-bond donors (Lipinski definition) is 4. The molecule has 4 rings (SSSR count). The molecule has 4 fully saturated rings. The molecule has 0 aromatic carbocycles. The largest absolute Gasteiger partial charge is 2.00 e. The van der Waals surface area contributed by atoms with E-state index in [1.165, 1.54) is 0 Å². The van der Waals surface area contributed by atoms with Gasteiger partial charge in [0, 0.05) is 49.3 Å². The molecule has 42 heavy (non-hydrogen) atoms. The van der Waals surface area contributed by atoms with Gasteiger partial charge in [-0.1, -0.05) is 19.3 Å². The monoisotopic (exact) mass is 638 g/mol. The van der Waals surface area contributed by atoms with E-state index in [1.54, 1.807) is 0 Å². The van der Waals surface area contributed by atoms with Gasteiger partial charge in [0.15, 0.2) is 0 Å². The zero-order valence-electron chi connectivity index (χ0n) is 24.4. The number of urea groups is 1. The van der Waals surface area contributed by atoms with Gasteiger partial charge in [0.2, 0.25) is 11.8 Å². The summed E-state index contributed by atoms with van der Waals surface area (Å²) in [4.78, 5) is 47.3. The predicted molar refractivity (Wildman–Crippen MR) is 164 cm³/mol. The second-order valence-electron chi connectivity index (χ2n) is 10.7. The van der Waals surface area contributed by atoms with Crippen molar-refractivity contribution >= 4 is 35.4 Å². The first-order valence-corrected chi connectivity index (χ1v) is 16.2. The maximum absolute atomic E-state index is 12.0. The van der Waals surface area contributed by atoms with Gasteiger partial charge in [-0.2, -0.15) is 11.8 Å². The third-order valence-electron chi connectivity index (χ3n) is 7.43. The first-order valence-electron chi connectivity index (χ1n) is 15.2. The van der Waals surface area contributed by atoms with Gasteiger partial charge in [-0.05, 0) is 96.3 Å². The van der Waals surface area contributed by atoms with Crippen molar-refractivity contribution in [1.82, 2.24) is 21.3 Å². The number of amides is 4. The van der Waals surface area contributed by atoms with E-state index < -0.39 is 0 Å². The third-order valence-corrected chi connectivity index (χ3v) is 8.94. The van der Waals surface area contributed by atoms with Crippen molar-refractivity contribution in [2.45, 2.75) is 94.4 Å². The summed E-state index contributed by atoms with van der Waals surface area (Å²) in [6.45, 7) is 1.31. The number of carbonyl (C=O) groups excluding carboxylic acids is 4. The number of ketones is 1. The standard InChI is InChI=1S/C27H41N4O4S.C5H5.Fe/c32-22(20-11-5-6-12-20)13-3-1-9-17-28-24(33)15-4-2-10-18-29-25(34)16-8-7-14-23-26-21(19-36-23)30-27(35)31-26;1-2-4-5-3-1;/h5-6,11-12,21,23,26H,1-4,7-10,13-19H2,(H,28,33)(H,29,34)(H2,30,31,35);1-5H;/q;;+2/t21-,23-,26-;;/m0../s1. The molecule has 4 amide bonds. The number of fused-ring (bicyclic) bond motifs is 1. The number of hydrogen-bond acceptors (Lipinski definition) is 5. The summed E-state index contributed by atoms with van der Waals surface area (Å²) >= 11 is 1.91. The van der Waals surface area contributed by atoms with Crippen LogP contribution in [0.3, 0.4) is 0 Å². The van der Waals surface area contributed by atoms with Crippen LogP contribution in [0.4, 0.5) is 4.79 Å². The Morgan fingerprint density at radius 3 is 1.86 bits per heavy atom. The van der Waals surface area contributed by atoms with Crippen LogP contribution in [0.2, 0.25) is 0 Å². The summed E-state index contributed by atoms with van der Waals surface area (Å²) in [6.07, 6.45) is 27.2. The molecular weight excluding hydrogens is 592 g/mol. The van der Waals surface area contributed by atoms with Crippen molar-refractivity contribution in [3.05, 3.63) is 63.7 Å². The average molecular weight is 639 g/mol. The molecule has 2 aliphatic carbocycles. The van der Waals surface area contributed by atoms with Crippen LogP contribution in [-0.2, 0) is 31.5 Å². The summed E-state index contributed by atoms with van der Waals surface area (Å²) in [6, 6.07) is 0.434. The number of nitrogens with one attached hydrogen (secondary N) is 4. The fourth-order valence-electron chi connectivity index (χ4n) is 5.11. The summed E-state index contributed by atoms with van der Waals surface area (Å²) < 4.78 is 0. The molecule has 10 heteroatoms. The fraction of sp³-hybridized carbons (Fsp3) is 0.562. The van der Waals surface area contributed by atoms with Gasteiger partial charge in [-0.25, -0.2) is 4.79 Å². The Labute approximate surface area is 269 Å². The van der Waals surface area contributed by atoms with Crippen LogP contribution < -0.4 is 21.3 Å². The molecule has 0 aromatic rings. The SMILES string of the molecule is O=C(CCCCCNC(=O)CCCC[C@@H]1SC[C@@H]2NC(=O)N[C@@H]21)NCCCCCC(=O)[C]1[CH][CH][CH][CH]1.[CH]1[CH][CH][CH][CH]1.[Fe+2]. The van der Waals surface area contributed by atoms with Gasteiger partial charge in [-0.15, -0.1) is 0 Å². The second-order valence-corrected chi connectivity index (χ2v) is 12.0. The summed E-state index contributed by atoms with van der Waals surface area (Å²) in [7, 11) is 0. The van der Waals surface area contributed by atoms with Crippen molar-refractivity contribution in [3.8, 4) is 0 Å². The first-order chi connectivity index (χ1) is 20.0. The first kappa shape index (κ1) is 36.9. The van der Waals surface area contributed by atoms with Crippen molar-refractivity contribution in [3.63, 3.8) is 0 Å². The van der Waals surface area contributed by atoms with Gasteiger partial charge in [0.25, 0.3) is 0 Å². The minimum absolute atomic E-state index is 0. The van der Waals surface area contributed by atoms with Crippen LogP contribution in [0.5, 0.6) is 0 Å². The van der Waals surface area contributed by atoms with Crippen LogP contribution in [0.1, 0.15) is 77.0 Å². The smallest absolute Gasteiger partial charge is 0.356 e. The molecule has 0 spiro atoms. The van der Waals surface area contributed by atoms with E-state index in [-0.39, 0.29) is 52.8 Å². The Balaban J connectivity index is 0.000000927. The molecule has 0 bridgehead atoms. The number of carbonyl (C=O) groups is 4. The van der Waals surface area contributed by atoms with Crippen molar-refractivity contribution in [2.75, 3.05) is 18.8 Å². The molecular formula is C32H46FeN4O4S+2. The fourth-order valence-corrected chi connectivity index (χ4v) is 6.65. The van der Waals surface area contributed by atoms with E-state index in [4.69, 9.17) is 0 Å². The Morgan fingerprint density at radius 2 is 1.26 bits per heavy atom. The maximum Gasteiger partial charge on any atom is 2.00 e. The van der Waals surface area contributed by atoms with Crippen molar-refractivity contribution in [1.29, 1.82) is 0 Å². The van der Waals surface area contributed by atoms with E-state index in [0.29, 0.717) is 37.6 Å². The van der Waals surface area contributed by atoms with Crippen LogP contribution in [0.15, 0.2) is 0 Å². The number of unbranched alkanes of at least 4 members (excludes halogenated alkanes) is 5. The van der Waals surface area contributed by atoms with E-state index in [1.807, 2.05) is 69.5 Å². The number of rotatable bonds is 18. The molecule has 10 radical (unpaired) electrons. The molecule has 0 unspecified atom stereocenters. The molecule has 4 N–H and O–H groups in total. The van der Waals surface area contributed by atoms with Gasteiger partial charge in [0.05, 0.1) is 12.1 Å². The van der Waals surface area contributed by atoms with Crippen LogP contribution in [-0.4, -0.2) is 59.8 Å². The van der Waals surface area contributed by atoms with Gasteiger partial charge in [0.1, 0.15) is 5.78 Å². The normalized spacial score (nSPS) is 22.8. The minimum atomic E-state index is -0.0545. The average Bonchev–Trinajstić information content (AvgIpc) is 3.78. The van der Waals surface area contributed by atoms with Crippen LogP contribution >= 0.6 is 11.8 Å². The van der Waals surface area contributed by atoms with Crippen molar-refractivity contribution in [2.24, 2.45) is 0 Å². The maximum atomic E-state index is 12.0. The van der Waals surface area contributed by atoms with Gasteiger partial charge < -0.3 is 21.3 Å². The van der Waals surface area contributed by atoms with Gasteiger partial charge >= 0.3 is 23.1 Å². The number of thioether (sulfide) groups is 1. The molecule has 4 aliphatic rings. The predicted octanol–water partition coefficient (Wildman–Crippen LogP) is 4.06. The van der Waals surface area contributed by atoms with E-state index in [0.717, 1.165) is 69.5 Å². The molecule has 230 valence electrons. The van der Waals surface area contributed by atoms with E-state index >= 15 is 0 Å². The minimum Gasteiger partial charge on any atom is -0.356 e. The Morgan fingerprint density at radius 1 is 0.714 bits per heavy atom. The molecule has 2 saturated carbocycles. The zero-order chi connectivity index (χ0) is 29.1. The number of Topliss-reactive ketones (excluding diaryl/α,β-unsaturated/α-hetero) is 1. The Kier molecular flexibility index (Phi) is 19.6. The Hall–Kier alpha value is -1.25. The summed E-state index contributed by atoms with van der Waals surface area (Å²) in [5.41, 5.74) is 0.